The zero-order valence-electron chi connectivity index (χ0n) is 10.4. The van der Waals surface area contributed by atoms with Gasteiger partial charge in [-0.05, 0) is 31.1 Å². The third kappa shape index (κ3) is 4.10. The normalized spacial score (nSPS) is 19.0. The van der Waals surface area contributed by atoms with E-state index in [9.17, 15) is 4.79 Å². The second-order valence-electron chi connectivity index (χ2n) is 5.81. The van der Waals surface area contributed by atoms with Crippen LogP contribution in [0.2, 0.25) is 0 Å². The highest BCUT2D eigenvalue weighted by Crippen LogP contribution is 2.32. The number of carbonyl (C=O) groups is 1. The fraction of sp³-hybridized carbons (Fsp3) is 0.917. The molecule has 1 aliphatic rings. The Labute approximate surface area is 97.6 Å². The van der Waals surface area contributed by atoms with Gasteiger partial charge >= 0.3 is 0 Å². The van der Waals surface area contributed by atoms with Gasteiger partial charge in [0.1, 0.15) is 0 Å². The maximum atomic E-state index is 11.6. The van der Waals surface area contributed by atoms with Crippen molar-refractivity contribution in [3.8, 4) is 0 Å². The lowest BCUT2D eigenvalue weighted by atomic mass is 9.75. The van der Waals surface area contributed by atoms with Crippen molar-refractivity contribution in [2.45, 2.75) is 51.5 Å². The fourth-order valence-electron chi connectivity index (χ4n) is 1.92. The van der Waals surface area contributed by atoms with Crippen LogP contribution in [0.4, 0.5) is 0 Å². The van der Waals surface area contributed by atoms with Crippen molar-refractivity contribution in [2.75, 3.05) is 13.2 Å². The summed E-state index contributed by atoms with van der Waals surface area (Å²) < 4.78 is 0. The zero-order chi connectivity index (χ0) is 12.2. The molecule has 0 saturated heterocycles. The minimum Gasteiger partial charge on any atom is -0.396 e. The molecule has 0 atom stereocenters. The van der Waals surface area contributed by atoms with Crippen LogP contribution in [0.25, 0.3) is 0 Å². The van der Waals surface area contributed by atoms with E-state index in [0.29, 0.717) is 19.4 Å². The highest BCUT2D eigenvalue weighted by Gasteiger charge is 2.34. The Hall–Kier alpha value is -0.610. The molecule has 4 heteroatoms. The van der Waals surface area contributed by atoms with E-state index in [1.807, 2.05) is 13.8 Å². The summed E-state index contributed by atoms with van der Waals surface area (Å²) in [6, 6.07) is 0. The molecule has 0 heterocycles. The van der Waals surface area contributed by atoms with E-state index >= 15 is 0 Å². The van der Waals surface area contributed by atoms with Crippen molar-refractivity contribution in [1.29, 1.82) is 0 Å². The van der Waals surface area contributed by atoms with Gasteiger partial charge in [0.15, 0.2) is 0 Å². The molecule has 0 aliphatic heterocycles. The second kappa shape index (κ2) is 5.15. The van der Waals surface area contributed by atoms with E-state index in [1.165, 1.54) is 0 Å². The molecular formula is C12H24N2O2. The van der Waals surface area contributed by atoms with Crippen LogP contribution in [-0.4, -0.2) is 29.7 Å². The van der Waals surface area contributed by atoms with Crippen molar-refractivity contribution in [2.24, 2.45) is 11.1 Å². The summed E-state index contributed by atoms with van der Waals surface area (Å²) in [7, 11) is 0. The third-order valence-electron chi connectivity index (χ3n) is 3.41. The van der Waals surface area contributed by atoms with Crippen LogP contribution in [0.5, 0.6) is 0 Å². The number of carbonyl (C=O) groups excluding carboxylic acids is 1. The smallest absolute Gasteiger partial charge is 0.221 e. The molecule has 0 unspecified atom stereocenters. The molecule has 1 saturated carbocycles. The molecule has 4 N–H and O–H groups in total. The van der Waals surface area contributed by atoms with Crippen LogP contribution in [0.3, 0.4) is 0 Å². The number of rotatable bonds is 6. The predicted molar refractivity (Wildman–Crippen MR) is 63.9 cm³/mol. The molecule has 16 heavy (non-hydrogen) atoms. The summed E-state index contributed by atoms with van der Waals surface area (Å²) in [4.78, 5) is 11.6. The van der Waals surface area contributed by atoms with Gasteiger partial charge in [-0.25, -0.2) is 0 Å². The summed E-state index contributed by atoms with van der Waals surface area (Å²) in [5.41, 5.74) is 5.71. The minimum absolute atomic E-state index is 0.0354. The first kappa shape index (κ1) is 13.5. The average molecular weight is 228 g/mol. The van der Waals surface area contributed by atoms with Gasteiger partial charge in [-0.2, -0.15) is 0 Å². The minimum atomic E-state index is -0.245. The van der Waals surface area contributed by atoms with Gasteiger partial charge in [0.2, 0.25) is 5.91 Å². The molecule has 94 valence electrons. The fourth-order valence-corrected chi connectivity index (χ4v) is 1.92. The van der Waals surface area contributed by atoms with Crippen LogP contribution in [0.15, 0.2) is 0 Å². The summed E-state index contributed by atoms with van der Waals surface area (Å²) >= 11 is 0. The first-order chi connectivity index (χ1) is 7.37. The van der Waals surface area contributed by atoms with E-state index in [4.69, 9.17) is 10.8 Å². The van der Waals surface area contributed by atoms with Gasteiger partial charge in [-0.3, -0.25) is 4.79 Å². The van der Waals surface area contributed by atoms with Crippen LogP contribution >= 0.6 is 0 Å². The predicted octanol–water partition coefficient (Wildman–Crippen LogP) is 0.783. The molecule has 0 aromatic heterocycles. The van der Waals surface area contributed by atoms with Gasteiger partial charge < -0.3 is 16.2 Å². The lowest BCUT2D eigenvalue weighted by Gasteiger charge is -2.37. The molecule has 0 bridgehead atoms. The standard InChI is InChI=1S/C12H24N2O2/c1-11(2,6-7-15)9-14-10(16)8-12(13)4-3-5-12/h15H,3-9,13H2,1-2H3,(H,14,16). The van der Waals surface area contributed by atoms with Crippen molar-refractivity contribution < 1.29 is 9.90 Å². The van der Waals surface area contributed by atoms with Crippen LogP contribution in [0, 0.1) is 5.41 Å². The number of nitrogens with one attached hydrogen (secondary N) is 1. The van der Waals surface area contributed by atoms with E-state index in [1.54, 1.807) is 0 Å². The van der Waals surface area contributed by atoms with Crippen molar-refractivity contribution in [3.63, 3.8) is 0 Å². The Morgan fingerprint density at radius 1 is 1.50 bits per heavy atom. The van der Waals surface area contributed by atoms with Crippen molar-refractivity contribution >= 4 is 5.91 Å². The quantitative estimate of drug-likeness (QED) is 0.629. The molecule has 1 aliphatic carbocycles. The van der Waals surface area contributed by atoms with E-state index in [2.05, 4.69) is 5.32 Å². The van der Waals surface area contributed by atoms with E-state index in [-0.39, 0.29) is 23.5 Å². The maximum absolute atomic E-state index is 11.6. The Morgan fingerprint density at radius 2 is 2.12 bits per heavy atom. The summed E-state index contributed by atoms with van der Waals surface area (Å²) in [5.74, 6) is 0.0354. The van der Waals surface area contributed by atoms with Crippen molar-refractivity contribution in [1.82, 2.24) is 5.32 Å². The van der Waals surface area contributed by atoms with Crippen molar-refractivity contribution in [3.05, 3.63) is 0 Å². The number of aliphatic hydroxyl groups excluding tert-OH is 1. The molecular weight excluding hydrogens is 204 g/mol. The number of hydrogen-bond acceptors (Lipinski definition) is 3. The first-order valence-corrected chi connectivity index (χ1v) is 6.03. The first-order valence-electron chi connectivity index (χ1n) is 6.03. The van der Waals surface area contributed by atoms with Gasteiger partial charge in [0.25, 0.3) is 0 Å². The topological polar surface area (TPSA) is 75.3 Å². The van der Waals surface area contributed by atoms with Gasteiger partial charge in [-0.15, -0.1) is 0 Å². The summed E-state index contributed by atoms with van der Waals surface area (Å²) in [6.45, 7) is 4.82. The van der Waals surface area contributed by atoms with Gasteiger partial charge in [-0.1, -0.05) is 13.8 Å². The number of hydrogen-bond donors (Lipinski definition) is 3. The molecule has 4 nitrogen and oxygen atoms in total. The largest absolute Gasteiger partial charge is 0.396 e. The highest BCUT2D eigenvalue weighted by molar-refractivity contribution is 5.77. The number of aliphatic hydroxyl groups is 1. The average Bonchev–Trinajstić information content (AvgIpc) is 2.12. The van der Waals surface area contributed by atoms with Gasteiger partial charge in [0, 0.05) is 25.1 Å². The number of nitrogens with two attached hydrogens (primary N) is 1. The molecule has 0 radical (unpaired) electrons. The Kier molecular flexibility index (Phi) is 4.33. The lowest BCUT2D eigenvalue weighted by Crippen LogP contribution is -2.50. The van der Waals surface area contributed by atoms with Crippen LogP contribution in [0.1, 0.15) is 46.0 Å². The van der Waals surface area contributed by atoms with Crippen LogP contribution in [-0.2, 0) is 4.79 Å². The summed E-state index contributed by atoms with van der Waals surface area (Å²) in [5, 5.41) is 11.8. The van der Waals surface area contributed by atoms with Crippen LogP contribution < -0.4 is 11.1 Å². The SMILES string of the molecule is CC(C)(CCO)CNC(=O)CC1(N)CCC1. The molecule has 0 aromatic carbocycles. The van der Waals surface area contributed by atoms with E-state index in [0.717, 1.165) is 19.3 Å². The third-order valence-corrected chi connectivity index (χ3v) is 3.41. The maximum Gasteiger partial charge on any atom is 0.221 e. The molecule has 0 spiro atoms. The summed E-state index contributed by atoms with van der Waals surface area (Å²) in [6.07, 6.45) is 4.18. The highest BCUT2D eigenvalue weighted by atomic mass is 16.3. The zero-order valence-corrected chi connectivity index (χ0v) is 10.4. The molecule has 1 rings (SSSR count). The van der Waals surface area contributed by atoms with E-state index < -0.39 is 0 Å². The monoisotopic (exact) mass is 228 g/mol. The lowest BCUT2D eigenvalue weighted by molar-refractivity contribution is -0.123. The Bertz CT molecular complexity index is 247. The molecule has 1 amide bonds. The Balaban J connectivity index is 2.24. The molecule has 1 fully saturated rings. The molecule has 0 aromatic rings. The van der Waals surface area contributed by atoms with Gasteiger partial charge in [0.05, 0.1) is 0 Å². The second-order valence-corrected chi connectivity index (χ2v) is 5.81. The number of amides is 1. The Morgan fingerprint density at radius 3 is 2.56 bits per heavy atom.